The van der Waals surface area contributed by atoms with Crippen LogP contribution >= 0.6 is 34.4 Å². The van der Waals surface area contributed by atoms with Crippen molar-refractivity contribution in [3.63, 3.8) is 0 Å². The molecule has 3 heteroatoms. The monoisotopic (exact) mass is 583 g/mol. The van der Waals surface area contributed by atoms with Crippen LogP contribution in [-0.4, -0.2) is 0 Å². The molecule has 0 radical (unpaired) electrons. The zero-order chi connectivity index (χ0) is 24.2. The lowest BCUT2D eigenvalue weighted by Gasteiger charge is -2.27. The summed E-state index contributed by atoms with van der Waals surface area (Å²) >= 11 is 4.24. The van der Waals surface area contributed by atoms with Gasteiger partial charge in [-0.05, 0) is 108 Å². The maximum atomic E-state index is 2.43. The standard InChI is InChI=1S/C32H26INS/c1-23-8-6-12-29(18-23)34(28-16-14-26(15-17-28)25-10-4-3-5-11-25)30-20-27(33)21-32(22-30)35-31-13-7-9-24(2)19-31/h3-22H,1-2H3. The quantitative estimate of drug-likeness (QED) is 0.183. The van der Waals surface area contributed by atoms with E-state index < -0.39 is 0 Å². The van der Waals surface area contributed by atoms with Gasteiger partial charge in [-0.25, -0.2) is 0 Å². The Hall–Kier alpha value is -3.02. The summed E-state index contributed by atoms with van der Waals surface area (Å²) in [6, 6.07) is 43.6. The van der Waals surface area contributed by atoms with Crippen LogP contribution in [0.5, 0.6) is 0 Å². The molecule has 0 saturated heterocycles. The van der Waals surface area contributed by atoms with Gasteiger partial charge in [0.2, 0.25) is 0 Å². The van der Waals surface area contributed by atoms with E-state index in [9.17, 15) is 0 Å². The Kier molecular flexibility index (Phi) is 7.26. The number of rotatable bonds is 6. The molecule has 0 saturated carbocycles. The van der Waals surface area contributed by atoms with Crippen molar-refractivity contribution >= 4 is 51.4 Å². The van der Waals surface area contributed by atoms with Gasteiger partial charge in [0.15, 0.2) is 0 Å². The highest BCUT2D eigenvalue weighted by Gasteiger charge is 2.15. The molecule has 0 fully saturated rings. The molecule has 5 aromatic rings. The van der Waals surface area contributed by atoms with Crippen LogP contribution in [0.4, 0.5) is 17.1 Å². The van der Waals surface area contributed by atoms with Gasteiger partial charge in [-0.3, -0.25) is 0 Å². The molecule has 5 rings (SSSR count). The van der Waals surface area contributed by atoms with Crippen LogP contribution in [-0.2, 0) is 0 Å². The first-order valence-electron chi connectivity index (χ1n) is 11.6. The molecule has 35 heavy (non-hydrogen) atoms. The highest BCUT2D eigenvalue weighted by Crippen LogP contribution is 2.39. The molecular weight excluding hydrogens is 557 g/mol. The van der Waals surface area contributed by atoms with E-state index in [1.807, 2.05) is 11.8 Å². The van der Waals surface area contributed by atoms with Crippen LogP contribution < -0.4 is 4.90 Å². The number of benzene rings is 5. The van der Waals surface area contributed by atoms with E-state index in [4.69, 9.17) is 0 Å². The van der Waals surface area contributed by atoms with Gasteiger partial charge in [0, 0.05) is 30.4 Å². The highest BCUT2D eigenvalue weighted by molar-refractivity contribution is 14.1. The van der Waals surface area contributed by atoms with Crippen LogP contribution in [0.3, 0.4) is 0 Å². The van der Waals surface area contributed by atoms with Crippen LogP contribution in [0.25, 0.3) is 11.1 Å². The number of halogens is 1. The summed E-state index contributed by atoms with van der Waals surface area (Å²) < 4.78 is 1.22. The largest absolute Gasteiger partial charge is 0.310 e. The van der Waals surface area contributed by atoms with Crippen molar-refractivity contribution in [2.24, 2.45) is 0 Å². The molecule has 0 aromatic heterocycles. The normalized spacial score (nSPS) is 10.8. The van der Waals surface area contributed by atoms with Gasteiger partial charge >= 0.3 is 0 Å². The van der Waals surface area contributed by atoms with E-state index in [1.54, 1.807) is 0 Å². The average Bonchev–Trinajstić information content (AvgIpc) is 2.85. The maximum Gasteiger partial charge on any atom is 0.0483 e. The van der Waals surface area contributed by atoms with Crippen LogP contribution in [0.1, 0.15) is 11.1 Å². The molecular formula is C32H26INS. The van der Waals surface area contributed by atoms with Gasteiger partial charge in [-0.2, -0.15) is 0 Å². The first kappa shape index (κ1) is 23.7. The Balaban J connectivity index is 1.57. The Morgan fingerprint density at radius 2 is 1.20 bits per heavy atom. The van der Waals surface area contributed by atoms with Crippen molar-refractivity contribution in [1.29, 1.82) is 0 Å². The fourth-order valence-electron chi connectivity index (χ4n) is 4.20. The van der Waals surface area contributed by atoms with E-state index in [2.05, 4.69) is 163 Å². The van der Waals surface area contributed by atoms with E-state index in [0.717, 1.165) is 17.1 Å². The highest BCUT2D eigenvalue weighted by atomic mass is 127. The molecule has 5 aromatic carbocycles. The molecule has 0 aliphatic heterocycles. The Morgan fingerprint density at radius 1 is 0.514 bits per heavy atom. The van der Waals surface area contributed by atoms with Crippen molar-refractivity contribution in [2.45, 2.75) is 23.6 Å². The minimum Gasteiger partial charge on any atom is -0.310 e. The minimum absolute atomic E-state index is 1.14. The van der Waals surface area contributed by atoms with Crippen molar-refractivity contribution in [1.82, 2.24) is 0 Å². The molecule has 0 N–H and O–H groups in total. The van der Waals surface area contributed by atoms with E-state index in [1.165, 1.54) is 35.6 Å². The number of hydrogen-bond donors (Lipinski definition) is 0. The molecule has 0 amide bonds. The molecule has 0 unspecified atom stereocenters. The SMILES string of the molecule is Cc1cccc(Sc2cc(I)cc(N(c3ccc(-c4ccccc4)cc3)c3cccc(C)c3)c2)c1. The molecule has 0 bridgehead atoms. The lowest BCUT2D eigenvalue weighted by atomic mass is 10.0. The molecule has 0 aliphatic rings. The predicted molar refractivity (Wildman–Crippen MR) is 159 cm³/mol. The van der Waals surface area contributed by atoms with E-state index >= 15 is 0 Å². The molecule has 0 heterocycles. The van der Waals surface area contributed by atoms with Gasteiger partial charge < -0.3 is 4.90 Å². The van der Waals surface area contributed by atoms with Crippen molar-refractivity contribution in [2.75, 3.05) is 4.90 Å². The van der Waals surface area contributed by atoms with Gasteiger partial charge in [0.05, 0.1) is 0 Å². The fourth-order valence-corrected chi connectivity index (χ4v) is 6.09. The Bertz CT molecular complexity index is 1440. The van der Waals surface area contributed by atoms with Crippen LogP contribution in [0, 0.1) is 17.4 Å². The summed E-state index contributed by atoms with van der Waals surface area (Å²) in [6.07, 6.45) is 0. The number of hydrogen-bond acceptors (Lipinski definition) is 2. The van der Waals surface area contributed by atoms with Crippen molar-refractivity contribution in [3.05, 3.63) is 136 Å². The van der Waals surface area contributed by atoms with Gasteiger partial charge in [-0.15, -0.1) is 0 Å². The third kappa shape index (κ3) is 5.80. The summed E-state index contributed by atoms with van der Waals surface area (Å²) in [6.45, 7) is 4.29. The molecule has 0 atom stereocenters. The third-order valence-corrected chi connectivity index (χ3v) is 7.42. The fraction of sp³-hybridized carbons (Fsp3) is 0.0625. The number of nitrogens with zero attached hydrogens (tertiary/aromatic N) is 1. The summed E-state index contributed by atoms with van der Waals surface area (Å²) in [7, 11) is 0. The molecule has 0 spiro atoms. The Labute approximate surface area is 226 Å². The predicted octanol–water partition coefficient (Wildman–Crippen LogP) is 10.2. The topological polar surface area (TPSA) is 3.24 Å². The Morgan fingerprint density at radius 3 is 1.91 bits per heavy atom. The van der Waals surface area contributed by atoms with E-state index in [0.29, 0.717) is 0 Å². The van der Waals surface area contributed by atoms with Gasteiger partial charge in [0.25, 0.3) is 0 Å². The number of aryl methyl sites for hydroxylation is 2. The zero-order valence-electron chi connectivity index (χ0n) is 19.8. The summed E-state index contributed by atoms with van der Waals surface area (Å²) in [5.41, 5.74) is 8.43. The maximum absolute atomic E-state index is 2.43. The first-order chi connectivity index (χ1) is 17.0. The van der Waals surface area contributed by atoms with Gasteiger partial charge in [-0.1, -0.05) is 84.1 Å². The zero-order valence-corrected chi connectivity index (χ0v) is 22.8. The summed E-state index contributed by atoms with van der Waals surface area (Å²) in [5.74, 6) is 0. The lowest BCUT2D eigenvalue weighted by molar-refractivity contribution is 1.24. The average molecular weight is 584 g/mol. The smallest absolute Gasteiger partial charge is 0.0483 e. The van der Waals surface area contributed by atoms with E-state index in [-0.39, 0.29) is 0 Å². The second-order valence-electron chi connectivity index (χ2n) is 8.65. The summed E-state index contributed by atoms with van der Waals surface area (Å²) in [4.78, 5) is 4.84. The molecule has 1 nitrogen and oxygen atoms in total. The van der Waals surface area contributed by atoms with Crippen LogP contribution in [0.2, 0.25) is 0 Å². The first-order valence-corrected chi connectivity index (χ1v) is 13.5. The van der Waals surface area contributed by atoms with Crippen molar-refractivity contribution in [3.8, 4) is 11.1 Å². The molecule has 0 aliphatic carbocycles. The summed E-state index contributed by atoms with van der Waals surface area (Å²) in [5, 5.41) is 0. The van der Waals surface area contributed by atoms with Crippen molar-refractivity contribution < 1.29 is 0 Å². The third-order valence-electron chi connectivity index (χ3n) is 5.83. The second kappa shape index (κ2) is 10.7. The molecule has 172 valence electrons. The van der Waals surface area contributed by atoms with Gasteiger partial charge in [0.1, 0.15) is 0 Å². The minimum atomic E-state index is 1.14. The number of anilines is 3. The lowest BCUT2D eigenvalue weighted by Crippen LogP contribution is -2.10. The van der Waals surface area contributed by atoms with Crippen LogP contribution in [0.15, 0.2) is 131 Å². The second-order valence-corrected chi connectivity index (χ2v) is 11.0.